The summed E-state index contributed by atoms with van der Waals surface area (Å²) in [6, 6.07) is 0. The van der Waals surface area contributed by atoms with Gasteiger partial charge in [0.05, 0.1) is 0 Å². The van der Waals surface area contributed by atoms with Crippen molar-refractivity contribution < 1.29 is 56.9 Å². The topological polar surface area (TPSA) is 130 Å². The van der Waals surface area contributed by atoms with Crippen LogP contribution in [0.3, 0.4) is 0 Å². The van der Waals surface area contributed by atoms with Crippen molar-refractivity contribution in [3.05, 3.63) is 0 Å². The van der Waals surface area contributed by atoms with Crippen LogP contribution in [0.25, 0.3) is 0 Å². The first-order valence-electron chi connectivity index (χ1n) is 8.57. The minimum atomic E-state index is -1.00. The number of esters is 3. The molecule has 0 aliphatic heterocycles. The van der Waals surface area contributed by atoms with Crippen LogP contribution in [-0.2, 0) is 56.9 Å². The SMILES string of the molecule is CC(=O)CC(=O)OC[CH2][Fe]([CH2]COC(=O)CC(C)=O)[CH2]COC(=O)CC(C)=O. The third-order valence-corrected chi connectivity index (χ3v) is 5.95. The molecule has 0 aromatic carbocycles. The molecule has 0 heterocycles. The molecule has 0 aliphatic rings. The zero-order valence-corrected chi connectivity index (χ0v) is 17.5. The zero-order valence-electron chi connectivity index (χ0n) is 16.4. The van der Waals surface area contributed by atoms with Crippen molar-refractivity contribution in [3.8, 4) is 0 Å². The molecule has 0 atom stereocenters. The first kappa shape index (κ1) is 25.9. The summed E-state index contributed by atoms with van der Waals surface area (Å²) in [5.74, 6) is -2.68. The van der Waals surface area contributed by atoms with Crippen LogP contribution in [0.1, 0.15) is 40.0 Å². The number of rotatable bonds is 15. The molecule has 9 nitrogen and oxygen atoms in total. The summed E-state index contributed by atoms with van der Waals surface area (Å²) >= 11 is -1.00. The summed E-state index contributed by atoms with van der Waals surface area (Å²) in [7, 11) is 0. The van der Waals surface area contributed by atoms with Gasteiger partial charge in [-0.2, -0.15) is 0 Å². The van der Waals surface area contributed by atoms with Crippen molar-refractivity contribution in [2.75, 3.05) is 19.8 Å². The maximum atomic E-state index is 11.4. The van der Waals surface area contributed by atoms with E-state index < -0.39 is 31.8 Å². The Morgan fingerprint density at radius 2 is 0.786 bits per heavy atom. The van der Waals surface area contributed by atoms with Gasteiger partial charge < -0.3 is 0 Å². The summed E-state index contributed by atoms with van der Waals surface area (Å²) in [6.07, 6.45) is -0.859. The van der Waals surface area contributed by atoms with E-state index in [2.05, 4.69) is 0 Å². The maximum absolute atomic E-state index is 11.4. The first-order valence-corrected chi connectivity index (χ1v) is 10.9. The summed E-state index contributed by atoms with van der Waals surface area (Å²) in [5.41, 5.74) is 0. The fourth-order valence-electron chi connectivity index (χ4n) is 1.78. The molecule has 0 saturated carbocycles. The molecule has 0 rings (SSSR count). The van der Waals surface area contributed by atoms with Crippen LogP contribution < -0.4 is 0 Å². The fourth-order valence-corrected chi connectivity index (χ4v) is 3.91. The molecule has 0 spiro atoms. The van der Waals surface area contributed by atoms with E-state index in [4.69, 9.17) is 14.2 Å². The first-order chi connectivity index (χ1) is 13.1. The molecule has 0 aromatic rings. The molecule has 10 heteroatoms. The van der Waals surface area contributed by atoms with Gasteiger partial charge in [-0.1, -0.05) is 0 Å². The van der Waals surface area contributed by atoms with Gasteiger partial charge in [0.25, 0.3) is 0 Å². The van der Waals surface area contributed by atoms with Crippen molar-refractivity contribution in [3.63, 3.8) is 0 Å². The van der Waals surface area contributed by atoms with Crippen molar-refractivity contribution >= 4 is 35.3 Å². The Balaban J connectivity index is 4.39. The Labute approximate surface area is 168 Å². The number of ether oxygens (including phenoxy) is 3. The molecule has 0 fully saturated rings. The van der Waals surface area contributed by atoms with Crippen LogP contribution in [0.2, 0.25) is 16.0 Å². The van der Waals surface area contributed by atoms with Gasteiger partial charge in [-0.15, -0.1) is 0 Å². The third kappa shape index (κ3) is 16.1. The summed E-state index contributed by atoms with van der Waals surface area (Å²) in [5, 5.41) is 1.49. The second-order valence-corrected chi connectivity index (χ2v) is 9.17. The minimum absolute atomic E-state index is 0.106. The quantitative estimate of drug-likeness (QED) is 0.160. The Morgan fingerprint density at radius 3 is 1.00 bits per heavy atom. The van der Waals surface area contributed by atoms with Gasteiger partial charge in [0.2, 0.25) is 0 Å². The monoisotopic (exact) mass is 443 g/mol. The molecule has 0 amide bonds. The van der Waals surface area contributed by atoms with E-state index in [1.54, 1.807) is 0 Å². The van der Waals surface area contributed by atoms with E-state index in [9.17, 15) is 28.8 Å². The van der Waals surface area contributed by atoms with E-state index >= 15 is 0 Å². The molecular weight excluding hydrogens is 416 g/mol. The molecule has 0 bridgehead atoms. The normalized spacial score (nSPS) is 10.6. The Bertz CT molecular complexity index is 505. The van der Waals surface area contributed by atoms with Crippen molar-refractivity contribution in [2.24, 2.45) is 0 Å². The summed E-state index contributed by atoms with van der Waals surface area (Å²) in [4.78, 5) is 66.9. The van der Waals surface area contributed by atoms with Gasteiger partial charge in [0.1, 0.15) is 0 Å². The van der Waals surface area contributed by atoms with Crippen molar-refractivity contribution in [2.45, 2.75) is 56.0 Å². The van der Waals surface area contributed by atoms with E-state index in [-0.39, 0.29) is 56.4 Å². The molecule has 161 valence electrons. The van der Waals surface area contributed by atoms with Gasteiger partial charge in [0.15, 0.2) is 0 Å². The Hall–Kier alpha value is -2.06. The Morgan fingerprint density at radius 1 is 0.536 bits per heavy atom. The molecule has 0 N–H and O–H groups in total. The van der Waals surface area contributed by atoms with Crippen LogP contribution in [0, 0.1) is 0 Å². The number of ketones is 3. The predicted octanol–water partition coefficient (Wildman–Crippen LogP) is 1.43. The fraction of sp³-hybridized carbons (Fsp3) is 0.667. The average molecular weight is 443 g/mol. The second-order valence-electron chi connectivity index (χ2n) is 5.86. The molecular formula is C18H27FeO9. The second kappa shape index (κ2) is 14.9. The summed E-state index contributed by atoms with van der Waals surface area (Å²) < 4.78 is 15.0. The number of hydrogen-bond acceptors (Lipinski definition) is 9. The van der Waals surface area contributed by atoms with Gasteiger partial charge in [0, 0.05) is 0 Å². The number of Topliss-reactive ketones (excluding diaryl/α,β-unsaturated/α-hetero) is 3. The average Bonchev–Trinajstić information content (AvgIpc) is 2.52. The molecule has 0 aliphatic carbocycles. The standard InChI is InChI=1S/3C6H9O3.Fe/c3*1-3-9-6(8)4-5(2)7;/h3*1,3-4H2,2H3;. The van der Waals surface area contributed by atoms with Crippen LogP contribution >= 0.6 is 0 Å². The van der Waals surface area contributed by atoms with E-state index in [1.165, 1.54) is 20.8 Å². The molecule has 0 saturated heterocycles. The molecule has 0 radical (unpaired) electrons. The Kier molecular flexibility index (Phi) is 13.8. The number of carbonyl (C=O) groups is 6. The van der Waals surface area contributed by atoms with Crippen LogP contribution in [0.5, 0.6) is 0 Å². The van der Waals surface area contributed by atoms with E-state index in [1.807, 2.05) is 0 Å². The molecule has 0 aromatic heterocycles. The predicted molar refractivity (Wildman–Crippen MR) is 93.2 cm³/mol. The van der Waals surface area contributed by atoms with E-state index in [0.29, 0.717) is 16.0 Å². The van der Waals surface area contributed by atoms with Crippen LogP contribution in [0.15, 0.2) is 0 Å². The number of carbonyl (C=O) groups excluding carboxylic acids is 6. The third-order valence-electron chi connectivity index (χ3n) is 2.94. The van der Waals surface area contributed by atoms with Gasteiger partial charge in [-0.05, 0) is 0 Å². The van der Waals surface area contributed by atoms with Crippen LogP contribution in [0.4, 0.5) is 0 Å². The van der Waals surface area contributed by atoms with Gasteiger partial charge in [-0.3, -0.25) is 0 Å². The zero-order chi connectivity index (χ0) is 21.5. The summed E-state index contributed by atoms with van der Waals surface area (Å²) in [6.45, 7) is 4.19. The van der Waals surface area contributed by atoms with Gasteiger partial charge >= 0.3 is 168 Å². The van der Waals surface area contributed by atoms with Gasteiger partial charge in [-0.25, -0.2) is 0 Å². The molecule has 0 unspecified atom stereocenters. The van der Waals surface area contributed by atoms with Crippen molar-refractivity contribution in [1.29, 1.82) is 0 Å². The van der Waals surface area contributed by atoms with E-state index in [0.717, 1.165) is 0 Å². The molecule has 28 heavy (non-hydrogen) atoms. The van der Waals surface area contributed by atoms with Crippen molar-refractivity contribution in [1.82, 2.24) is 0 Å². The van der Waals surface area contributed by atoms with Crippen LogP contribution in [-0.4, -0.2) is 55.1 Å². The number of hydrogen-bond donors (Lipinski definition) is 0.